The van der Waals surface area contributed by atoms with Crippen LogP contribution in [0.3, 0.4) is 0 Å². The summed E-state index contributed by atoms with van der Waals surface area (Å²) in [5.74, 6) is 0.0234. The van der Waals surface area contributed by atoms with Gasteiger partial charge in [-0.25, -0.2) is 0 Å². The maximum Gasteiger partial charge on any atom is 0.224 e. The highest BCUT2D eigenvalue weighted by Crippen LogP contribution is 2.24. The molecule has 4 aromatic rings. The summed E-state index contributed by atoms with van der Waals surface area (Å²) in [6.45, 7) is 0. The average Bonchev–Trinajstić information content (AvgIpc) is 2.74. The number of carbonyl (C=O) groups is 1. The van der Waals surface area contributed by atoms with Gasteiger partial charge in [-0.15, -0.1) is 0 Å². The lowest BCUT2D eigenvalue weighted by Crippen LogP contribution is -2.11. The van der Waals surface area contributed by atoms with Gasteiger partial charge in [0.1, 0.15) is 0 Å². The van der Waals surface area contributed by atoms with Crippen LogP contribution in [0.1, 0.15) is 18.4 Å². The summed E-state index contributed by atoms with van der Waals surface area (Å²) in [4.78, 5) is 20.2. The summed E-state index contributed by atoms with van der Waals surface area (Å²) in [5, 5.41) is 5.20. The first-order valence-electron chi connectivity index (χ1n) is 9.41. The summed E-state index contributed by atoms with van der Waals surface area (Å²) in [5.41, 5.74) is 4.36. The van der Waals surface area contributed by atoms with Gasteiger partial charge in [0.05, 0.1) is 11.9 Å². The molecule has 0 unspecified atom stereocenters. The van der Waals surface area contributed by atoms with Crippen LogP contribution in [-0.4, -0.2) is 15.9 Å². The number of aryl methyl sites for hydroxylation is 1. The molecule has 2 aromatic carbocycles. The van der Waals surface area contributed by atoms with Crippen LogP contribution in [0.4, 0.5) is 5.69 Å². The van der Waals surface area contributed by atoms with Crippen LogP contribution in [0.15, 0.2) is 85.5 Å². The quantitative estimate of drug-likeness (QED) is 0.506. The Labute approximate surface area is 164 Å². The van der Waals surface area contributed by atoms with Crippen LogP contribution in [-0.2, 0) is 11.2 Å². The molecule has 0 aliphatic carbocycles. The van der Waals surface area contributed by atoms with Gasteiger partial charge < -0.3 is 5.32 Å². The summed E-state index contributed by atoms with van der Waals surface area (Å²) >= 11 is 0. The SMILES string of the molecule is O=C(CCCc1ccc(-c2ccc3cnccc3c2)cc1)Nc1cccnc1. The molecular weight excluding hydrogens is 346 g/mol. The molecule has 1 amide bonds. The van der Waals surface area contributed by atoms with Crippen LogP contribution < -0.4 is 5.32 Å². The van der Waals surface area contributed by atoms with Crippen molar-refractivity contribution in [2.75, 3.05) is 5.32 Å². The monoisotopic (exact) mass is 367 g/mol. The lowest BCUT2D eigenvalue weighted by atomic mass is 9.99. The van der Waals surface area contributed by atoms with Crippen molar-refractivity contribution in [3.63, 3.8) is 0 Å². The van der Waals surface area contributed by atoms with E-state index < -0.39 is 0 Å². The topological polar surface area (TPSA) is 54.9 Å². The van der Waals surface area contributed by atoms with Crippen LogP contribution in [0.25, 0.3) is 21.9 Å². The molecule has 0 bridgehead atoms. The molecule has 0 radical (unpaired) electrons. The molecule has 1 N–H and O–H groups in total. The lowest BCUT2D eigenvalue weighted by molar-refractivity contribution is -0.116. The van der Waals surface area contributed by atoms with E-state index in [0.717, 1.165) is 23.9 Å². The fourth-order valence-electron chi connectivity index (χ4n) is 3.24. The molecule has 4 rings (SSSR count). The molecule has 0 aliphatic rings. The molecule has 138 valence electrons. The number of anilines is 1. The van der Waals surface area contributed by atoms with Crippen LogP contribution in [0.5, 0.6) is 0 Å². The van der Waals surface area contributed by atoms with Crippen molar-refractivity contribution in [2.45, 2.75) is 19.3 Å². The van der Waals surface area contributed by atoms with Crippen LogP contribution in [0.2, 0.25) is 0 Å². The Hall–Kier alpha value is -3.53. The van der Waals surface area contributed by atoms with E-state index >= 15 is 0 Å². The van der Waals surface area contributed by atoms with E-state index in [0.29, 0.717) is 6.42 Å². The van der Waals surface area contributed by atoms with Gasteiger partial charge in [0, 0.05) is 30.4 Å². The minimum absolute atomic E-state index is 0.0234. The smallest absolute Gasteiger partial charge is 0.224 e. The van der Waals surface area contributed by atoms with Crippen LogP contribution >= 0.6 is 0 Å². The van der Waals surface area contributed by atoms with Crippen molar-refractivity contribution in [3.05, 3.63) is 91.0 Å². The first-order valence-corrected chi connectivity index (χ1v) is 9.41. The van der Waals surface area contributed by atoms with Gasteiger partial charge in [-0.05, 0) is 59.2 Å². The molecule has 2 aromatic heterocycles. The number of nitrogens with one attached hydrogen (secondary N) is 1. The van der Waals surface area contributed by atoms with E-state index in [4.69, 9.17) is 0 Å². The second-order valence-electron chi connectivity index (χ2n) is 6.78. The van der Waals surface area contributed by atoms with Gasteiger partial charge in [0.2, 0.25) is 5.91 Å². The molecule has 0 saturated heterocycles. The van der Waals surface area contributed by atoms with Gasteiger partial charge in [-0.3, -0.25) is 14.8 Å². The number of rotatable bonds is 6. The third kappa shape index (κ3) is 4.41. The average molecular weight is 367 g/mol. The minimum atomic E-state index is 0.0234. The van der Waals surface area contributed by atoms with Gasteiger partial charge in [-0.2, -0.15) is 0 Å². The van der Waals surface area contributed by atoms with E-state index in [1.165, 1.54) is 22.1 Å². The molecule has 0 aliphatic heterocycles. The molecule has 0 atom stereocenters. The predicted molar refractivity (Wildman–Crippen MR) is 113 cm³/mol. The zero-order valence-corrected chi connectivity index (χ0v) is 15.5. The standard InChI is InChI=1S/C24H21N3O/c28-24(27-23-4-2-13-25-17-23)5-1-3-18-6-8-19(9-7-18)20-10-11-22-16-26-14-12-21(22)15-20/h2,4,6-17H,1,3,5H2,(H,27,28). The Balaban J connectivity index is 1.33. The van der Waals surface area contributed by atoms with Crippen molar-refractivity contribution in [3.8, 4) is 11.1 Å². The Kier molecular flexibility index (Phi) is 5.38. The Morgan fingerprint density at radius 3 is 2.46 bits per heavy atom. The number of amides is 1. The second kappa shape index (κ2) is 8.44. The van der Waals surface area contributed by atoms with Crippen molar-refractivity contribution >= 4 is 22.4 Å². The third-order valence-electron chi connectivity index (χ3n) is 4.74. The molecule has 0 fully saturated rings. The van der Waals surface area contributed by atoms with E-state index in [1.54, 1.807) is 12.4 Å². The largest absolute Gasteiger partial charge is 0.325 e. The number of hydrogen-bond donors (Lipinski definition) is 1. The van der Waals surface area contributed by atoms with Gasteiger partial charge >= 0.3 is 0 Å². The van der Waals surface area contributed by atoms with Crippen molar-refractivity contribution in [1.29, 1.82) is 0 Å². The van der Waals surface area contributed by atoms with E-state index in [2.05, 4.69) is 57.7 Å². The van der Waals surface area contributed by atoms with Gasteiger partial charge in [0.25, 0.3) is 0 Å². The van der Waals surface area contributed by atoms with E-state index in [9.17, 15) is 4.79 Å². The maximum absolute atomic E-state index is 12.0. The number of nitrogens with zero attached hydrogens (tertiary/aromatic N) is 2. The first kappa shape index (κ1) is 17.9. The van der Waals surface area contributed by atoms with Crippen molar-refractivity contribution in [2.24, 2.45) is 0 Å². The summed E-state index contributed by atoms with van der Waals surface area (Å²) in [7, 11) is 0. The normalized spacial score (nSPS) is 10.7. The third-order valence-corrected chi connectivity index (χ3v) is 4.74. The number of fused-ring (bicyclic) bond motifs is 1. The molecule has 4 nitrogen and oxygen atoms in total. The van der Waals surface area contributed by atoms with Crippen molar-refractivity contribution < 1.29 is 4.79 Å². The predicted octanol–water partition coefficient (Wildman–Crippen LogP) is 5.26. The number of benzene rings is 2. The molecule has 0 saturated carbocycles. The summed E-state index contributed by atoms with van der Waals surface area (Å²) < 4.78 is 0. The Morgan fingerprint density at radius 1 is 0.821 bits per heavy atom. The van der Waals surface area contributed by atoms with Crippen molar-refractivity contribution in [1.82, 2.24) is 9.97 Å². The van der Waals surface area contributed by atoms with E-state index in [-0.39, 0.29) is 5.91 Å². The first-order chi connectivity index (χ1) is 13.8. The zero-order chi connectivity index (χ0) is 19.2. The fourth-order valence-corrected chi connectivity index (χ4v) is 3.24. The summed E-state index contributed by atoms with van der Waals surface area (Å²) in [6, 6.07) is 20.7. The van der Waals surface area contributed by atoms with Gasteiger partial charge in [0.15, 0.2) is 0 Å². The van der Waals surface area contributed by atoms with Crippen LogP contribution in [0, 0.1) is 0 Å². The summed E-state index contributed by atoms with van der Waals surface area (Å²) in [6.07, 6.45) is 9.23. The zero-order valence-electron chi connectivity index (χ0n) is 15.5. The Bertz CT molecular complexity index is 1080. The number of aromatic nitrogens is 2. The molecule has 4 heteroatoms. The highest BCUT2D eigenvalue weighted by atomic mass is 16.1. The number of carbonyl (C=O) groups excluding carboxylic acids is 1. The highest BCUT2D eigenvalue weighted by molar-refractivity contribution is 5.90. The maximum atomic E-state index is 12.0. The molecule has 28 heavy (non-hydrogen) atoms. The lowest BCUT2D eigenvalue weighted by Gasteiger charge is -2.07. The fraction of sp³-hybridized carbons (Fsp3) is 0.125. The van der Waals surface area contributed by atoms with Gasteiger partial charge in [-0.1, -0.05) is 36.4 Å². The molecule has 0 spiro atoms. The Morgan fingerprint density at radius 2 is 1.64 bits per heavy atom. The highest BCUT2D eigenvalue weighted by Gasteiger charge is 2.04. The van der Waals surface area contributed by atoms with E-state index in [1.807, 2.05) is 30.6 Å². The second-order valence-corrected chi connectivity index (χ2v) is 6.78. The number of hydrogen-bond acceptors (Lipinski definition) is 3. The molecular formula is C24H21N3O. The minimum Gasteiger partial charge on any atom is -0.325 e. The number of pyridine rings is 2. The molecule has 2 heterocycles.